The summed E-state index contributed by atoms with van der Waals surface area (Å²) in [7, 11) is 1.29. The highest BCUT2D eigenvalue weighted by Gasteiger charge is 2.38. The number of aromatic nitrogens is 2. The van der Waals surface area contributed by atoms with Crippen LogP contribution in [0.1, 0.15) is 43.1 Å². The molecule has 1 aliphatic rings. The summed E-state index contributed by atoms with van der Waals surface area (Å²) in [6, 6.07) is 21.7. The van der Waals surface area contributed by atoms with E-state index in [9.17, 15) is 19.6 Å². The zero-order valence-corrected chi connectivity index (χ0v) is 24.1. The maximum absolute atomic E-state index is 12.4. The van der Waals surface area contributed by atoms with Gasteiger partial charge in [0.2, 0.25) is 0 Å². The van der Waals surface area contributed by atoms with Crippen LogP contribution < -0.4 is 16.0 Å². The number of carbonyl (C=O) groups is 2. The molecule has 0 saturated carbocycles. The molecule has 3 atom stereocenters. The average molecular weight is 586 g/mol. The SMILES string of the molecule is COC(=O)NC(c1ccccc1)C(O)NCCCCc1nc2ccc(-c3ccc(NC(=O)C4CCC[N+]4=O)cc3)cc2[nH]1. The van der Waals surface area contributed by atoms with Crippen molar-refractivity contribution >= 4 is 28.7 Å². The summed E-state index contributed by atoms with van der Waals surface area (Å²) in [4.78, 5) is 44.1. The van der Waals surface area contributed by atoms with Crippen LogP contribution in [0, 0.1) is 4.91 Å². The number of fused-ring (bicyclic) bond motifs is 1. The predicted octanol–water partition coefficient (Wildman–Crippen LogP) is 4.44. The lowest BCUT2D eigenvalue weighted by Gasteiger charge is -2.25. The summed E-state index contributed by atoms with van der Waals surface area (Å²) in [5.41, 5.74) is 5.28. The molecule has 1 saturated heterocycles. The van der Waals surface area contributed by atoms with Gasteiger partial charge in [-0.05, 0) is 60.3 Å². The minimum absolute atomic E-state index is 0.259. The van der Waals surface area contributed by atoms with Crippen LogP contribution in [0.15, 0.2) is 72.8 Å². The first-order chi connectivity index (χ1) is 20.9. The second-order valence-corrected chi connectivity index (χ2v) is 10.7. The standard InChI is InChI=1S/C32H36N6O5/c1-43-32(41)37-29(22-8-3-2-4-9-22)31(40)33-18-6-5-11-28-35-25-17-14-23(20-26(25)36-28)21-12-15-24(16-13-21)34-30(39)27-10-7-19-38(27)42/h2-4,8-9,12-17,20,27,29,31,33,40H,5-7,10-11,18-19H2,1H3,(H2-,34,35,36,37,39,41)/p+1. The lowest BCUT2D eigenvalue weighted by Crippen LogP contribution is -2.44. The Hall–Kier alpha value is -4.61. The number of unbranched alkanes of at least 4 members (excludes halogenated alkanes) is 1. The highest BCUT2D eigenvalue weighted by molar-refractivity contribution is 5.94. The first-order valence-corrected chi connectivity index (χ1v) is 14.6. The molecule has 3 unspecified atom stereocenters. The number of methoxy groups -OCH3 is 1. The minimum atomic E-state index is -0.980. The summed E-state index contributed by atoms with van der Waals surface area (Å²) in [6.07, 6.45) is 2.15. The van der Waals surface area contributed by atoms with Crippen LogP contribution in [0.25, 0.3) is 22.2 Å². The molecule has 4 aromatic rings. The van der Waals surface area contributed by atoms with E-state index in [-0.39, 0.29) is 5.91 Å². The van der Waals surface area contributed by atoms with Crippen molar-refractivity contribution in [1.82, 2.24) is 20.6 Å². The number of nitroso groups, excluding NO2 is 1. The van der Waals surface area contributed by atoms with E-state index in [1.165, 1.54) is 7.11 Å². The number of aliphatic hydroxyl groups is 1. The Bertz CT molecular complexity index is 1560. The van der Waals surface area contributed by atoms with E-state index in [1.807, 2.05) is 66.7 Å². The zero-order valence-electron chi connectivity index (χ0n) is 24.1. The molecular formula is C32H37N6O5+. The molecule has 0 radical (unpaired) electrons. The number of H-pyrrole nitrogens is 1. The van der Waals surface area contributed by atoms with Crippen molar-refractivity contribution in [3.8, 4) is 11.1 Å². The Morgan fingerprint density at radius 1 is 1.07 bits per heavy atom. The lowest BCUT2D eigenvalue weighted by molar-refractivity contribution is -0.550. The maximum Gasteiger partial charge on any atom is 0.407 e. The number of aliphatic hydroxyl groups excluding tert-OH is 1. The predicted molar refractivity (Wildman–Crippen MR) is 163 cm³/mol. The van der Waals surface area contributed by atoms with Gasteiger partial charge in [0.1, 0.15) is 12.1 Å². The van der Waals surface area contributed by atoms with E-state index in [1.54, 1.807) is 0 Å². The molecule has 1 fully saturated rings. The molecular weight excluding hydrogens is 548 g/mol. The summed E-state index contributed by atoms with van der Waals surface area (Å²) < 4.78 is 5.57. The number of carbonyl (C=O) groups excluding carboxylic acids is 2. The number of hydrogen-bond donors (Lipinski definition) is 5. The Kier molecular flexibility index (Phi) is 9.75. The van der Waals surface area contributed by atoms with Gasteiger partial charge in [-0.2, -0.15) is 0 Å². The van der Waals surface area contributed by atoms with Gasteiger partial charge >= 0.3 is 6.09 Å². The molecule has 2 heterocycles. The molecule has 224 valence electrons. The van der Waals surface area contributed by atoms with E-state index in [0.717, 1.165) is 64.0 Å². The number of nitrogens with zero attached hydrogens (tertiary/aromatic N) is 2. The molecule has 5 N–H and O–H groups in total. The Morgan fingerprint density at radius 2 is 1.84 bits per heavy atom. The fourth-order valence-corrected chi connectivity index (χ4v) is 5.31. The van der Waals surface area contributed by atoms with Gasteiger partial charge in [-0.1, -0.05) is 48.5 Å². The third-order valence-electron chi connectivity index (χ3n) is 7.65. The average Bonchev–Trinajstić information content (AvgIpc) is 3.65. The maximum atomic E-state index is 12.4. The van der Waals surface area contributed by atoms with E-state index in [4.69, 9.17) is 9.72 Å². The molecule has 0 bridgehead atoms. The highest BCUT2D eigenvalue weighted by atomic mass is 16.5. The third kappa shape index (κ3) is 7.62. The van der Waals surface area contributed by atoms with Crippen molar-refractivity contribution in [3.63, 3.8) is 0 Å². The van der Waals surface area contributed by atoms with Crippen molar-refractivity contribution in [2.75, 3.05) is 25.5 Å². The van der Waals surface area contributed by atoms with Crippen LogP contribution in [0.3, 0.4) is 0 Å². The number of aromatic amines is 1. The quantitative estimate of drug-likeness (QED) is 0.0938. The number of anilines is 1. The topological polar surface area (TPSA) is 148 Å². The van der Waals surface area contributed by atoms with Crippen LogP contribution in [0.4, 0.5) is 10.5 Å². The first kappa shape index (κ1) is 29.9. The fraction of sp³-hybridized carbons (Fsp3) is 0.344. The summed E-state index contributed by atoms with van der Waals surface area (Å²) in [6.45, 7) is 0.966. The van der Waals surface area contributed by atoms with Gasteiger partial charge in [0.05, 0.1) is 24.2 Å². The van der Waals surface area contributed by atoms with Gasteiger partial charge < -0.3 is 25.5 Å². The van der Waals surface area contributed by atoms with Crippen molar-refractivity contribution in [1.29, 1.82) is 0 Å². The van der Waals surface area contributed by atoms with Crippen molar-refractivity contribution in [3.05, 3.63) is 89.1 Å². The van der Waals surface area contributed by atoms with Crippen LogP contribution >= 0.6 is 0 Å². The van der Waals surface area contributed by atoms with Crippen molar-refractivity contribution in [2.45, 2.75) is 50.4 Å². The molecule has 0 aliphatic carbocycles. The van der Waals surface area contributed by atoms with Crippen LogP contribution in [0.5, 0.6) is 0 Å². The number of ether oxygens (including phenoxy) is 1. The summed E-state index contributed by atoms with van der Waals surface area (Å²) >= 11 is 0. The van der Waals surface area contributed by atoms with Gasteiger partial charge in [-0.15, -0.1) is 0 Å². The van der Waals surface area contributed by atoms with Crippen molar-refractivity contribution in [2.24, 2.45) is 0 Å². The van der Waals surface area contributed by atoms with Crippen LogP contribution in [-0.2, 0) is 16.0 Å². The molecule has 11 nitrogen and oxygen atoms in total. The van der Waals surface area contributed by atoms with Gasteiger partial charge in [-0.25, -0.2) is 9.78 Å². The molecule has 2 amide bonds. The smallest absolute Gasteiger partial charge is 0.407 e. The van der Waals surface area contributed by atoms with Crippen LogP contribution in [-0.4, -0.2) is 64.3 Å². The fourth-order valence-electron chi connectivity index (χ4n) is 5.31. The zero-order chi connectivity index (χ0) is 30.2. The third-order valence-corrected chi connectivity index (χ3v) is 7.65. The van der Waals surface area contributed by atoms with E-state index >= 15 is 0 Å². The number of hydrogen-bond acceptors (Lipinski definition) is 7. The normalized spacial score (nSPS) is 16.1. The number of aryl methyl sites for hydroxylation is 1. The van der Waals surface area contributed by atoms with E-state index in [2.05, 4.69) is 27.0 Å². The Labute approximate surface area is 249 Å². The van der Waals surface area contributed by atoms with Gasteiger partial charge in [0.25, 0.3) is 11.9 Å². The van der Waals surface area contributed by atoms with Crippen molar-refractivity contribution < 1.29 is 24.2 Å². The number of imidazole rings is 1. The van der Waals surface area contributed by atoms with E-state index in [0.29, 0.717) is 25.2 Å². The Morgan fingerprint density at radius 3 is 2.56 bits per heavy atom. The number of benzene rings is 3. The second kappa shape index (κ2) is 14.0. The molecule has 3 aromatic carbocycles. The highest BCUT2D eigenvalue weighted by Crippen LogP contribution is 2.26. The molecule has 43 heavy (non-hydrogen) atoms. The molecule has 11 heteroatoms. The molecule has 1 aromatic heterocycles. The Balaban J connectivity index is 1.11. The summed E-state index contributed by atoms with van der Waals surface area (Å²) in [5, 5.41) is 19.3. The molecule has 5 rings (SSSR count). The van der Waals surface area contributed by atoms with Gasteiger partial charge in [-0.3, -0.25) is 10.1 Å². The first-order valence-electron chi connectivity index (χ1n) is 14.6. The van der Waals surface area contributed by atoms with Gasteiger partial charge in [0.15, 0.2) is 6.54 Å². The molecule has 1 aliphatic heterocycles. The lowest BCUT2D eigenvalue weighted by atomic mass is 10.0. The number of alkyl carbamates (subject to hydrolysis) is 1. The van der Waals surface area contributed by atoms with Gasteiger partial charge in [0, 0.05) is 34.6 Å². The number of rotatable bonds is 12. The summed E-state index contributed by atoms with van der Waals surface area (Å²) in [5.74, 6) is 0.630. The minimum Gasteiger partial charge on any atom is -0.453 e. The molecule has 0 spiro atoms. The largest absolute Gasteiger partial charge is 0.453 e. The number of amides is 2. The monoisotopic (exact) mass is 585 g/mol. The van der Waals surface area contributed by atoms with Crippen LogP contribution in [0.2, 0.25) is 0 Å². The van der Waals surface area contributed by atoms with E-state index < -0.39 is 24.4 Å². The number of nitrogens with one attached hydrogen (secondary N) is 4. The second-order valence-electron chi connectivity index (χ2n) is 10.7.